The zero-order valence-corrected chi connectivity index (χ0v) is 14.6. The Bertz CT molecular complexity index is 800. The summed E-state index contributed by atoms with van der Waals surface area (Å²) >= 11 is 6.21. The van der Waals surface area contributed by atoms with E-state index < -0.39 is 0 Å². The maximum absolute atomic E-state index is 6.21. The smallest absolute Gasteiger partial charge is 0.0450 e. The molecular weight excluding hydrogens is 316 g/mol. The van der Waals surface area contributed by atoms with Crippen LogP contribution < -0.4 is 5.32 Å². The Hall–Kier alpha value is -2.16. The van der Waals surface area contributed by atoms with Gasteiger partial charge in [-0.2, -0.15) is 0 Å². The predicted octanol–water partition coefficient (Wildman–Crippen LogP) is 4.92. The molecule has 3 rings (SSSR count). The van der Waals surface area contributed by atoms with Crippen LogP contribution in [0.25, 0.3) is 0 Å². The summed E-state index contributed by atoms with van der Waals surface area (Å²) in [6.07, 6.45) is 4.64. The lowest BCUT2D eigenvalue weighted by atomic mass is 10.0. The van der Waals surface area contributed by atoms with Gasteiger partial charge in [0.25, 0.3) is 0 Å². The van der Waals surface area contributed by atoms with Crippen LogP contribution in [-0.4, -0.2) is 4.98 Å². The molecule has 3 aromatic rings. The summed E-state index contributed by atoms with van der Waals surface area (Å²) in [6, 6.07) is 18.7. The van der Waals surface area contributed by atoms with E-state index in [1.165, 1.54) is 22.3 Å². The Balaban J connectivity index is 1.65. The minimum absolute atomic E-state index is 0.770. The molecule has 122 valence electrons. The van der Waals surface area contributed by atoms with Crippen LogP contribution in [0.4, 0.5) is 0 Å². The third-order valence-electron chi connectivity index (χ3n) is 4.13. The molecule has 0 spiro atoms. The lowest BCUT2D eigenvalue weighted by Crippen LogP contribution is -2.14. The van der Waals surface area contributed by atoms with E-state index in [9.17, 15) is 0 Å². The first-order chi connectivity index (χ1) is 11.7. The van der Waals surface area contributed by atoms with Crippen LogP contribution in [0.15, 0.2) is 67.0 Å². The van der Waals surface area contributed by atoms with Crippen LogP contribution >= 0.6 is 11.6 Å². The van der Waals surface area contributed by atoms with E-state index in [-0.39, 0.29) is 0 Å². The molecule has 1 N–H and O–H groups in total. The molecule has 3 heteroatoms. The minimum Gasteiger partial charge on any atom is -0.309 e. The van der Waals surface area contributed by atoms with Gasteiger partial charge in [0.05, 0.1) is 0 Å². The Morgan fingerprint density at radius 1 is 0.917 bits per heavy atom. The second-order valence-electron chi connectivity index (χ2n) is 5.99. The van der Waals surface area contributed by atoms with Crippen molar-refractivity contribution in [1.29, 1.82) is 0 Å². The number of halogens is 1. The molecule has 1 aromatic heterocycles. The summed E-state index contributed by atoms with van der Waals surface area (Å²) in [5, 5.41) is 4.31. The number of hydrogen-bond acceptors (Lipinski definition) is 2. The number of aryl methyl sites for hydroxylation is 1. The summed E-state index contributed by atoms with van der Waals surface area (Å²) in [4.78, 5) is 4.19. The Kier molecular flexibility index (Phi) is 5.63. The monoisotopic (exact) mass is 336 g/mol. The Morgan fingerprint density at radius 3 is 2.54 bits per heavy atom. The van der Waals surface area contributed by atoms with E-state index in [4.69, 9.17) is 11.6 Å². The van der Waals surface area contributed by atoms with Gasteiger partial charge >= 0.3 is 0 Å². The van der Waals surface area contributed by atoms with Crippen LogP contribution in [0.3, 0.4) is 0 Å². The normalized spacial score (nSPS) is 10.8. The average molecular weight is 337 g/mol. The maximum Gasteiger partial charge on any atom is 0.0450 e. The number of pyridine rings is 1. The number of nitrogens with one attached hydrogen (secondary N) is 1. The van der Waals surface area contributed by atoms with Crippen LogP contribution in [0.1, 0.15) is 27.8 Å². The Morgan fingerprint density at radius 2 is 1.75 bits per heavy atom. The molecule has 0 fully saturated rings. The molecule has 0 aliphatic rings. The summed E-state index contributed by atoms with van der Waals surface area (Å²) < 4.78 is 0. The molecule has 1 heterocycles. The van der Waals surface area contributed by atoms with Gasteiger partial charge < -0.3 is 5.32 Å². The first-order valence-electron chi connectivity index (χ1n) is 8.14. The van der Waals surface area contributed by atoms with Crippen molar-refractivity contribution >= 4 is 11.6 Å². The van der Waals surface area contributed by atoms with Crippen LogP contribution in [0.2, 0.25) is 5.02 Å². The van der Waals surface area contributed by atoms with Crippen molar-refractivity contribution in [3.8, 4) is 0 Å². The van der Waals surface area contributed by atoms with Crippen molar-refractivity contribution in [1.82, 2.24) is 10.3 Å². The largest absolute Gasteiger partial charge is 0.309 e. The zero-order valence-electron chi connectivity index (χ0n) is 13.8. The van der Waals surface area contributed by atoms with E-state index in [1.807, 2.05) is 36.7 Å². The SMILES string of the molecule is Cc1ccc(Cc2cccnc2)cc1CNCc1ccccc1Cl. The van der Waals surface area contributed by atoms with E-state index in [0.717, 1.165) is 30.1 Å². The first-order valence-corrected chi connectivity index (χ1v) is 8.51. The second-order valence-corrected chi connectivity index (χ2v) is 6.40. The number of nitrogens with zero attached hydrogens (tertiary/aromatic N) is 1. The summed E-state index contributed by atoms with van der Waals surface area (Å²) in [5.41, 5.74) is 6.29. The van der Waals surface area contributed by atoms with Crippen molar-refractivity contribution in [3.05, 3.63) is 99.8 Å². The van der Waals surface area contributed by atoms with E-state index >= 15 is 0 Å². The molecule has 0 unspecified atom stereocenters. The molecule has 0 radical (unpaired) electrons. The first kappa shape index (κ1) is 16.7. The molecule has 0 bridgehead atoms. The highest BCUT2D eigenvalue weighted by Crippen LogP contribution is 2.17. The molecule has 0 saturated heterocycles. The third-order valence-corrected chi connectivity index (χ3v) is 4.50. The summed E-state index contributed by atoms with van der Waals surface area (Å²) in [5.74, 6) is 0. The Labute approximate surface area is 148 Å². The molecule has 0 aliphatic carbocycles. The van der Waals surface area contributed by atoms with Crippen LogP contribution in [0, 0.1) is 6.92 Å². The fourth-order valence-electron chi connectivity index (χ4n) is 2.74. The standard InChI is InChI=1S/C21H21ClN2/c1-16-8-9-17(11-18-5-4-10-23-13-18)12-20(16)15-24-14-19-6-2-3-7-21(19)22/h2-10,12-13,24H,11,14-15H2,1H3. The molecule has 0 amide bonds. The number of aromatic nitrogens is 1. The van der Waals surface area contributed by atoms with Crippen molar-refractivity contribution in [3.63, 3.8) is 0 Å². The van der Waals surface area contributed by atoms with Gasteiger partial charge in [0.1, 0.15) is 0 Å². The lowest BCUT2D eigenvalue weighted by Gasteiger charge is -2.11. The fourth-order valence-corrected chi connectivity index (χ4v) is 2.94. The average Bonchev–Trinajstić information content (AvgIpc) is 2.60. The number of hydrogen-bond donors (Lipinski definition) is 1. The quantitative estimate of drug-likeness (QED) is 0.690. The van der Waals surface area contributed by atoms with Crippen molar-refractivity contribution in [2.75, 3.05) is 0 Å². The van der Waals surface area contributed by atoms with Gasteiger partial charge in [0.15, 0.2) is 0 Å². The minimum atomic E-state index is 0.770. The molecule has 0 aliphatic heterocycles. The maximum atomic E-state index is 6.21. The third kappa shape index (κ3) is 4.44. The van der Waals surface area contributed by atoms with Crippen LogP contribution in [-0.2, 0) is 19.5 Å². The van der Waals surface area contributed by atoms with Gasteiger partial charge in [-0.15, -0.1) is 0 Å². The highest BCUT2D eigenvalue weighted by Gasteiger charge is 2.03. The van der Waals surface area contributed by atoms with Crippen molar-refractivity contribution in [2.24, 2.45) is 0 Å². The van der Waals surface area contributed by atoms with E-state index in [0.29, 0.717) is 0 Å². The fraction of sp³-hybridized carbons (Fsp3) is 0.190. The van der Waals surface area contributed by atoms with Gasteiger partial charge in [0.2, 0.25) is 0 Å². The van der Waals surface area contributed by atoms with Gasteiger partial charge in [-0.3, -0.25) is 4.98 Å². The van der Waals surface area contributed by atoms with Crippen molar-refractivity contribution < 1.29 is 0 Å². The molecule has 0 saturated carbocycles. The van der Waals surface area contributed by atoms with Gasteiger partial charge in [-0.05, 0) is 53.3 Å². The molecule has 24 heavy (non-hydrogen) atoms. The van der Waals surface area contributed by atoms with E-state index in [2.05, 4.69) is 47.6 Å². The molecule has 2 aromatic carbocycles. The highest BCUT2D eigenvalue weighted by molar-refractivity contribution is 6.31. The summed E-state index contributed by atoms with van der Waals surface area (Å²) in [7, 11) is 0. The highest BCUT2D eigenvalue weighted by atomic mass is 35.5. The molecule has 0 atom stereocenters. The van der Waals surface area contributed by atoms with Gasteiger partial charge in [-0.25, -0.2) is 0 Å². The lowest BCUT2D eigenvalue weighted by molar-refractivity contribution is 0.690. The topological polar surface area (TPSA) is 24.9 Å². The van der Waals surface area contributed by atoms with E-state index in [1.54, 1.807) is 0 Å². The second kappa shape index (κ2) is 8.09. The number of rotatable bonds is 6. The number of benzene rings is 2. The summed E-state index contributed by atoms with van der Waals surface area (Å²) in [6.45, 7) is 3.75. The van der Waals surface area contributed by atoms with Crippen molar-refractivity contribution in [2.45, 2.75) is 26.4 Å². The van der Waals surface area contributed by atoms with Crippen LogP contribution in [0.5, 0.6) is 0 Å². The zero-order chi connectivity index (χ0) is 16.8. The predicted molar refractivity (Wildman–Crippen MR) is 100 cm³/mol. The molecular formula is C21H21ClN2. The molecule has 2 nitrogen and oxygen atoms in total. The van der Waals surface area contributed by atoms with Gasteiger partial charge in [-0.1, -0.05) is 54.1 Å². The van der Waals surface area contributed by atoms with Gasteiger partial charge in [0, 0.05) is 30.5 Å².